The predicted octanol–water partition coefficient (Wildman–Crippen LogP) is 2.31. The van der Waals surface area contributed by atoms with Crippen molar-refractivity contribution in [1.82, 2.24) is 10.2 Å². The van der Waals surface area contributed by atoms with E-state index in [0.29, 0.717) is 0 Å². The SMILES string of the molecule is C[C@H](Sc1nnc([C@@H](C)Oc2ccccc2F)o1)C(N)=O. The number of carbonyl (C=O) groups excluding carboxylic acids is 1. The Hall–Kier alpha value is -2.09. The Kier molecular flexibility index (Phi) is 4.79. The second kappa shape index (κ2) is 6.57. The standard InChI is InChI=1S/C13H14FN3O3S/c1-7(19-10-6-4-3-5-9(10)14)12-16-17-13(20-12)21-8(2)11(15)18/h3-8H,1-2H3,(H2,15,18)/t7-,8+/m1/s1. The first-order chi connectivity index (χ1) is 9.97. The summed E-state index contributed by atoms with van der Waals surface area (Å²) >= 11 is 1.05. The van der Waals surface area contributed by atoms with Gasteiger partial charge in [-0.05, 0) is 26.0 Å². The molecule has 112 valence electrons. The minimum Gasteiger partial charge on any atom is -0.478 e. The lowest BCUT2D eigenvalue weighted by Crippen LogP contribution is -2.22. The Bertz CT molecular complexity index is 635. The summed E-state index contributed by atoms with van der Waals surface area (Å²) in [5.74, 6) is -0.656. The number of hydrogen-bond donors (Lipinski definition) is 1. The van der Waals surface area contributed by atoms with Gasteiger partial charge in [0.25, 0.3) is 11.1 Å². The van der Waals surface area contributed by atoms with Gasteiger partial charge in [0.15, 0.2) is 17.7 Å². The molecule has 21 heavy (non-hydrogen) atoms. The minimum atomic E-state index is -0.618. The molecule has 0 spiro atoms. The van der Waals surface area contributed by atoms with Crippen LogP contribution in [0.15, 0.2) is 33.9 Å². The number of amides is 1. The van der Waals surface area contributed by atoms with Gasteiger partial charge in [0.1, 0.15) is 0 Å². The lowest BCUT2D eigenvalue weighted by molar-refractivity contribution is -0.117. The molecular formula is C13H14FN3O3S. The lowest BCUT2D eigenvalue weighted by atomic mass is 10.3. The number of nitrogens with two attached hydrogens (primary N) is 1. The fourth-order valence-corrected chi connectivity index (χ4v) is 2.06. The van der Waals surface area contributed by atoms with E-state index in [9.17, 15) is 9.18 Å². The van der Waals surface area contributed by atoms with E-state index in [2.05, 4.69) is 10.2 Å². The molecule has 0 aliphatic rings. The molecule has 1 aromatic carbocycles. The lowest BCUT2D eigenvalue weighted by Gasteiger charge is -2.11. The molecule has 6 nitrogen and oxygen atoms in total. The van der Waals surface area contributed by atoms with Gasteiger partial charge in [0, 0.05) is 0 Å². The Labute approximate surface area is 124 Å². The first-order valence-corrected chi connectivity index (χ1v) is 7.06. The maximum Gasteiger partial charge on any atom is 0.277 e. The molecule has 0 saturated carbocycles. The molecule has 0 bridgehead atoms. The molecule has 0 aliphatic heterocycles. The number of hydrogen-bond acceptors (Lipinski definition) is 6. The zero-order valence-corrected chi connectivity index (χ0v) is 12.3. The Morgan fingerprint density at radius 3 is 2.76 bits per heavy atom. The highest BCUT2D eigenvalue weighted by Gasteiger charge is 2.20. The van der Waals surface area contributed by atoms with Crippen LogP contribution in [0.4, 0.5) is 4.39 Å². The number of ether oxygens (including phenoxy) is 1. The number of para-hydroxylation sites is 1. The fraction of sp³-hybridized carbons (Fsp3) is 0.308. The van der Waals surface area contributed by atoms with E-state index in [-0.39, 0.29) is 16.9 Å². The molecule has 2 atom stereocenters. The van der Waals surface area contributed by atoms with Gasteiger partial charge in [-0.25, -0.2) is 4.39 Å². The average Bonchev–Trinajstić information content (AvgIpc) is 2.89. The number of aromatic nitrogens is 2. The molecular weight excluding hydrogens is 297 g/mol. The number of carbonyl (C=O) groups is 1. The van der Waals surface area contributed by atoms with E-state index in [1.165, 1.54) is 12.1 Å². The first-order valence-electron chi connectivity index (χ1n) is 6.18. The minimum absolute atomic E-state index is 0.0999. The molecule has 0 unspecified atom stereocenters. The van der Waals surface area contributed by atoms with Gasteiger partial charge in [-0.3, -0.25) is 4.79 Å². The predicted molar refractivity (Wildman–Crippen MR) is 74.3 cm³/mol. The highest BCUT2D eigenvalue weighted by molar-refractivity contribution is 8.00. The van der Waals surface area contributed by atoms with Crippen LogP contribution in [-0.4, -0.2) is 21.4 Å². The third-order valence-electron chi connectivity index (χ3n) is 2.59. The molecule has 0 aliphatic carbocycles. The van der Waals surface area contributed by atoms with E-state index >= 15 is 0 Å². The largest absolute Gasteiger partial charge is 0.478 e. The zero-order chi connectivity index (χ0) is 15.4. The Balaban J connectivity index is 2.04. The molecule has 1 heterocycles. The first kappa shape index (κ1) is 15.3. The number of nitrogens with zero attached hydrogens (tertiary/aromatic N) is 2. The number of rotatable bonds is 6. The van der Waals surface area contributed by atoms with Crippen LogP contribution >= 0.6 is 11.8 Å². The number of benzene rings is 1. The molecule has 0 fully saturated rings. The van der Waals surface area contributed by atoms with Crippen molar-refractivity contribution in [3.05, 3.63) is 36.0 Å². The van der Waals surface area contributed by atoms with E-state index in [4.69, 9.17) is 14.9 Å². The molecule has 2 N–H and O–H groups in total. The third-order valence-corrected chi connectivity index (χ3v) is 3.54. The normalized spacial score (nSPS) is 13.7. The van der Waals surface area contributed by atoms with Crippen molar-refractivity contribution in [2.24, 2.45) is 5.73 Å². The Morgan fingerprint density at radius 1 is 1.38 bits per heavy atom. The van der Waals surface area contributed by atoms with Crippen molar-refractivity contribution < 1.29 is 18.3 Å². The fourth-order valence-electron chi connectivity index (χ4n) is 1.42. The van der Waals surface area contributed by atoms with Gasteiger partial charge in [-0.1, -0.05) is 23.9 Å². The number of halogens is 1. The van der Waals surface area contributed by atoms with Crippen molar-refractivity contribution in [3.8, 4) is 5.75 Å². The number of primary amides is 1. The molecule has 2 rings (SSSR count). The quantitative estimate of drug-likeness (QED) is 0.823. The molecule has 0 radical (unpaired) electrons. The van der Waals surface area contributed by atoms with Crippen molar-refractivity contribution in [2.45, 2.75) is 30.4 Å². The van der Waals surface area contributed by atoms with Gasteiger partial charge in [0.2, 0.25) is 5.91 Å². The number of thioether (sulfide) groups is 1. The van der Waals surface area contributed by atoms with Crippen LogP contribution in [0, 0.1) is 5.82 Å². The van der Waals surface area contributed by atoms with Gasteiger partial charge in [0.05, 0.1) is 5.25 Å². The highest BCUT2D eigenvalue weighted by Crippen LogP contribution is 2.27. The molecule has 2 aromatic rings. The van der Waals surface area contributed by atoms with Crippen molar-refractivity contribution in [3.63, 3.8) is 0 Å². The van der Waals surface area contributed by atoms with Crippen LogP contribution in [-0.2, 0) is 4.79 Å². The van der Waals surface area contributed by atoms with Crippen LogP contribution in [0.3, 0.4) is 0 Å². The molecule has 1 aromatic heterocycles. The van der Waals surface area contributed by atoms with E-state index < -0.39 is 23.1 Å². The van der Waals surface area contributed by atoms with Crippen LogP contribution in [0.5, 0.6) is 5.75 Å². The summed E-state index contributed by atoms with van der Waals surface area (Å²) in [4.78, 5) is 11.0. The monoisotopic (exact) mass is 311 g/mol. The highest BCUT2D eigenvalue weighted by atomic mass is 32.2. The van der Waals surface area contributed by atoms with Crippen molar-refractivity contribution in [2.75, 3.05) is 0 Å². The topological polar surface area (TPSA) is 91.2 Å². The molecule has 0 saturated heterocycles. The third kappa shape index (κ3) is 3.94. The summed E-state index contributed by atoms with van der Waals surface area (Å²) in [6.07, 6.45) is -0.618. The van der Waals surface area contributed by atoms with Crippen molar-refractivity contribution in [1.29, 1.82) is 0 Å². The summed E-state index contributed by atoms with van der Waals surface area (Å²) in [6, 6.07) is 6.03. The van der Waals surface area contributed by atoms with Gasteiger partial charge < -0.3 is 14.9 Å². The van der Waals surface area contributed by atoms with Crippen molar-refractivity contribution >= 4 is 17.7 Å². The molecule has 1 amide bonds. The van der Waals surface area contributed by atoms with E-state index in [1.54, 1.807) is 26.0 Å². The van der Waals surface area contributed by atoms with Crippen LogP contribution in [0.2, 0.25) is 0 Å². The van der Waals surface area contributed by atoms with Gasteiger partial charge >= 0.3 is 0 Å². The summed E-state index contributed by atoms with van der Waals surface area (Å²) in [5.41, 5.74) is 5.15. The summed E-state index contributed by atoms with van der Waals surface area (Å²) in [5, 5.41) is 7.33. The van der Waals surface area contributed by atoms with Crippen LogP contribution < -0.4 is 10.5 Å². The summed E-state index contributed by atoms with van der Waals surface area (Å²) in [6.45, 7) is 3.29. The van der Waals surface area contributed by atoms with Crippen LogP contribution in [0.1, 0.15) is 25.8 Å². The van der Waals surface area contributed by atoms with E-state index in [0.717, 1.165) is 11.8 Å². The zero-order valence-electron chi connectivity index (χ0n) is 11.4. The van der Waals surface area contributed by atoms with Crippen LogP contribution in [0.25, 0.3) is 0 Å². The second-order valence-electron chi connectivity index (χ2n) is 4.26. The average molecular weight is 311 g/mol. The summed E-state index contributed by atoms with van der Waals surface area (Å²) in [7, 11) is 0. The maximum absolute atomic E-state index is 13.5. The van der Waals surface area contributed by atoms with E-state index in [1.807, 2.05) is 0 Å². The summed E-state index contributed by atoms with van der Waals surface area (Å²) < 4.78 is 24.3. The smallest absolute Gasteiger partial charge is 0.277 e. The van der Waals surface area contributed by atoms with Gasteiger partial charge in [-0.15, -0.1) is 10.2 Å². The maximum atomic E-state index is 13.5. The molecule has 8 heteroatoms. The van der Waals surface area contributed by atoms with Gasteiger partial charge in [-0.2, -0.15) is 0 Å². The second-order valence-corrected chi connectivity index (χ2v) is 5.55. The Morgan fingerprint density at radius 2 is 2.10 bits per heavy atom.